The minimum Gasteiger partial charge on any atom is -0.394 e. The van der Waals surface area contributed by atoms with E-state index in [9.17, 15) is 5.11 Å². The van der Waals surface area contributed by atoms with E-state index in [4.69, 9.17) is 4.74 Å². The molecule has 2 nitrogen and oxygen atoms in total. The van der Waals surface area contributed by atoms with E-state index in [1.807, 2.05) is 0 Å². The topological polar surface area (TPSA) is 29.5 Å². The van der Waals surface area contributed by atoms with E-state index in [1.54, 1.807) is 0 Å². The van der Waals surface area contributed by atoms with Crippen molar-refractivity contribution in [1.82, 2.24) is 0 Å². The lowest BCUT2D eigenvalue weighted by Crippen LogP contribution is -2.50. The van der Waals surface area contributed by atoms with Crippen molar-refractivity contribution in [2.75, 3.05) is 6.61 Å². The zero-order chi connectivity index (χ0) is 16.0. The average Bonchev–Trinajstić information content (AvgIpc) is 2.63. The van der Waals surface area contributed by atoms with Gasteiger partial charge >= 0.3 is 0 Å². The number of aliphatic hydroxyl groups is 1. The molecule has 0 heterocycles. The van der Waals surface area contributed by atoms with Gasteiger partial charge in [0.25, 0.3) is 0 Å². The molecule has 3 aliphatic rings. The first-order valence-electron chi connectivity index (χ1n) is 9.62. The van der Waals surface area contributed by atoms with Crippen molar-refractivity contribution >= 4 is 0 Å². The van der Waals surface area contributed by atoms with E-state index < -0.39 is 0 Å². The van der Waals surface area contributed by atoms with Gasteiger partial charge in [0.15, 0.2) is 0 Å². The number of hydrogen-bond donors (Lipinski definition) is 1. The molecule has 1 N–H and O–H groups in total. The van der Waals surface area contributed by atoms with Crippen molar-refractivity contribution in [3.63, 3.8) is 0 Å². The standard InChI is InChI=1S/C20H36O2/c1-5-7-15(13-21)22-17-12-18(2,3)16-8-11-19(4)9-6-10-20(16,17)14-19/h15-17,21H,5-14H2,1-4H3. The van der Waals surface area contributed by atoms with Crippen LogP contribution in [0, 0.1) is 22.2 Å². The first kappa shape index (κ1) is 16.8. The monoisotopic (exact) mass is 308 g/mol. The molecular formula is C20H36O2. The molecule has 1 spiro atoms. The van der Waals surface area contributed by atoms with Crippen LogP contribution in [0.3, 0.4) is 0 Å². The van der Waals surface area contributed by atoms with Gasteiger partial charge in [0.2, 0.25) is 0 Å². The molecule has 5 unspecified atom stereocenters. The molecule has 0 saturated heterocycles. The number of hydrogen-bond acceptors (Lipinski definition) is 2. The Bertz CT molecular complexity index is 405. The highest BCUT2D eigenvalue weighted by Gasteiger charge is 2.63. The summed E-state index contributed by atoms with van der Waals surface area (Å²) in [5.41, 5.74) is 1.35. The van der Waals surface area contributed by atoms with Crippen LogP contribution in [0.2, 0.25) is 0 Å². The summed E-state index contributed by atoms with van der Waals surface area (Å²) >= 11 is 0. The normalized spacial score (nSPS) is 44.6. The first-order chi connectivity index (χ1) is 10.4. The molecule has 0 aliphatic heterocycles. The summed E-state index contributed by atoms with van der Waals surface area (Å²) in [7, 11) is 0. The molecule has 3 saturated carbocycles. The maximum absolute atomic E-state index is 9.69. The molecule has 22 heavy (non-hydrogen) atoms. The minimum absolute atomic E-state index is 0.0500. The van der Waals surface area contributed by atoms with E-state index in [-0.39, 0.29) is 12.7 Å². The lowest BCUT2D eigenvalue weighted by molar-refractivity contribution is -0.143. The number of rotatable bonds is 5. The highest BCUT2D eigenvalue weighted by atomic mass is 16.5. The Morgan fingerprint density at radius 2 is 1.95 bits per heavy atom. The van der Waals surface area contributed by atoms with Crippen LogP contribution >= 0.6 is 0 Å². The first-order valence-corrected chi connectivity index (χ1v) is 9.62. The van der Waals surface area contributed by atoms with E-state index in [1.165, 1.54) is 44.9 Å². The molecule has 3 aliphatic carbocycles. The Balaban J connectivity index is 1.86. The number of ether oxygens (including phenoxy) is 1. The average molecular weight is 309 g/mol. The van der Waals surface area contributed by atoms with Gasteiger partial charge in [0.05, 0.1) is 18.8 Å². The van der Waals surface area contributed by atoms with Crippen LogP contribution in [0.25, 0.3) is 0 Å². The zero-order valence-electron chi connectivity index (χ0n) is 15.2. The van der Waals surface area contributed by atoms with Gasteiger partial charge in [-0.05, 0) is 61.7 Å². The van der Waals surface area contributed by atoms with E-state index >= 15 is 0 Å². The highest BCUT2D eigenvalue weighted by molar-refractivity contribution is 5.13. The second kappa shape index (κ2) is 5.77. The third-order valence-corrected chi connectivity index (χ3v) is 7.38. The van der Waals surface area contributed by atoms with Crippen molar-refractivity contribution in [2.24, 2.45) is 22.2 Å². The quantitative estimate of drug-likeness (QED) is 0.779. The van der Waals surface area contributed by atoms with Crippen molar-refractivity contribution in [3.05, 3.63) is 0 Å². The maximum atomic E-state index is 9.69. The summed E-state index contributed by atoms with van der Waals surface area (Å²) in [6.07, 6.45) is 12.0. The van der Waals surface area contributed by atoms with Gasteiger partial charge in [-0.3, -0.25) is 0 Å². The molecule has 2 heteroatoms. The van der Waals surface area contributed by atoms with E-state index in [0.29, 0.717) is 22.3 Å². The van der Waals surface area contributed by atoms with Crippen molar-refractivity contribution < 1.29 is 9.84 Å². The molecule has 3 rings (SSSR count). The summed E-state index contributed by atoms with van der Waals surface area (Å²) in [6.45, 7) is 9.82. The molecule has 0 radical (unpaired) electrons. The number of fused-ring (bicyclic) bond motifs is 1. The Morgan fingerprint density at radius 1 is 1.18 bits per heavy atom. The summed E-state index contributed by atoms with van der Waals surface area (Å²) in [6, 6.07) is 0. The van der Waals surface area contributed by atoms with Gasteiger partial charge in [0, 0.05) is 5.41 Å². The van der Waals surface area contributed by atoms with Crippen LogP contribution in [0.4, 0.5) is 0 Å². The predicted octanol–water partition coefficient (Wildman–Crippen LogP) is 4.94. The molecule has 3 fully saturated rings. The van der Waals surface area contributed by atoms with Crippen LogP contribution in [0.5, 0.6) is 0 Å². The Labute approximate surface area is 137 Å². The third kappa shape index (κ3) is 2.65. The van der Waals surface area contributed by atoms with E-state index in [0.717, 1.165) is 18.8 Å². The predicted molar refractivity (Wildman–Crippen MR) is 90.8 cm³/mol. The molecule has 0 aromatic heterocycles. The fourth-order valence-electron chi connectivity index (χ4n) is 6.54. The SMILES string of the molecule is CCCC(CO)OC1CC(C)(C)C2CCC3(C)CCCC12C3. The molecule has 0 amide bonds. The van der Waals surface area contributed by atoms with Crippen LogP contribution in [0.1, 0.15) is 85.5 Å². The molecule has 0 aromatic rings. The summed E-state index contributed by atoms with van der Waals surface area (Å²) in [5.74, 6) is 0.819. The Kier molecular flexibility index (Phi) is 4.40. The third-order valence-electron chi connectivity index (χ3n) is 7.38. The largest absolute Gasteiger partial charge is 0.394 e. The summed E-state index contributed by atoms with van der Waals surface area (Å²) < 4.78 is 6.58. The van der Waals surface area contributed by atoms with Crippen LogP contribution in [-0.4, -0.2) is 23.9 Å². The van der Waals surface area contributed by atoms with Crippen LogP contribution in [-0.2, 0) is 4.74 Å². The van der Waals surface area contributed by atoms with E-state index in [2.05, 4.69) is 27.7 Å². The second-order valence-electron chi connectivity index (χ2n) is 9.58. The second-order valence-corrected chi connectivity index (χ2v) is 9.58. The summed E-state index contributed by atoms with van der Waals surface area (Å²) in [5, 5.41) is 9.69. The Morgan fingerprint density at radius 3 is 2.64 bits per heavy atom. The minimum atomic E-state index is 0.0500. The lowest BCUT2D eigenvalue weighted by atomic mass is 9.50. The van der Waals surface area contributed by atoms with Gasteiger partial charge in [-0.15, -0.1) is 0 Å². The van der Waals surface area contributed by atoms with Crippen LogP contribution in [0.15, 0.2) is 0 Å². The summed E-state index contributed by atoms with van der Waals surface area (Å²) in [4.78, 5) is 0. The molecule has 2 bridgehead atoms. The van der Waals surface area contributed by atoms with Gasteiger partial charge in [-0.1, -0.05) is 40.5 Å². The lowest BCUT2D eigenvalue weighted by Gasteiger charge is -2.56. The van der Waals surface area contributed by atoms with Crippen molar-refractivity contribution in [3.8, 4) is 0 Å². The van der Waals surface area contributed by atoms with Gasteiger partial charge in [-0.25, -0.2) is 0 Å². The van der Waals surface area contributed by atoms with Crippen LogP contribution < -0.4 is 0 Å². The molecule has 5 atom stereocenters. The molecular weight excluding hydrogens is 272 g/mol. The fraction of sp³-hybridized carbons (Fsp3) is 1.00. The van der Waals surface area contributed by atoms with Gasteiger partial charge in [0.1, 0.15) is 0 Å². The Hall–Kier alpha value is -0.0800. The molecule has 0 aromatic carbocycles. The number of aliphatic hydroxyl groups excluding tert-OH is 1. The van der Waals surface area contributed by atoms with Gasteiger partial charge < -0.3 is 9.84 Å². The zero-order valence-corrected chi connectivity index (χ0v) is 15.2. The van der Waals surface area contributed by atoms with Gasteiger partial charge in [-0.2, -0.15) is 0 Å². The van der Waals surface area contributed by atoms with Crippen molar-refractivity contribution in [2.45, 2.75) is 97.7 Å². The molecule has 128 valence electrons. The highest BCUT2D eigenvalue weighted by Crippen LogP contribution is 2.69. The smallest absolute Gasteiger partial charge is 0.0809 e. The van der Waals surface area contributed by atoms with Crippen molar-refractivity contribution in [1.29, 1.82) is 0 Å². The fourth-order valence-corrected chi connectivity index (χ4v) is 6.54. The maximum Gasteiger partial charge on any atom is 0.0809 e.